The van der Waals surface area contributed by atoms with Crippen LogP contribution in [0.2, 0.25) is 0 Å². The molecule has 9 heteroatoms. The molecule has 0 fully saturated rings. The number of H-pyrrole nitrogens is 1. The molecule has 8 nitrogen and oxygen atoms in total. The Morgan fingerprint density at radius 2 is 1.87 bits per heavy atom. The van der Waals surface area contributed by atoms with Crippen molar-refractivity contribution in [3.8, 4) is 0 Å². The molecule has 4 N–H and O–H groups in total. The molecular formula is C21H20FN7O. The highest BCUT2D eigenvalue weighted by Gasteiger charge is 2.09. The van der Waals surface area contributed by atoms with Crippen molar-refractivity contribution < 1.29 is 9.18 Å². The number of carbonyl (C=O) groups excluding carboxylic acids is 1. The molecule has 0 bridgehead atoms. The molecule has 30 heavy (non-hydrogen) atoms. The fourth-order valence-corrected chi connectivity index (χ4v) is 2.67. The number of nitrogens with one attached hydrogen (secondary N) is 4. The monoisotopic (exact) mass is 405 g/mol. The smallest absolute Gasteiger partial charge is 0.247 e. The Bertz CT molecular complexity index is 1200. The molecule has 1 amide bonds. The van der Waals surface area contributed by atoms with Crippen LogP contribution in [0.5, 0.6) is 0 Å². The SMILES string of the molecule is C.C=CC(=O)Nc1cccc(Nc2nc(Nc3ccc4[nH]ncc4c3)ncc2F)c1. The number of benzene rings is 2. The van der Waals surface area contributed by atoms with E-state index in [9.17, 15) is 9.18 Å². The summed E-state index contributed by atoms with van der Waals surface area (Å²) < 4.78 is 14.2. The van der Waals surface area contributed by atoms with Crippen molar-refractivity contribution in [3.05, 3.63) is 73.3 Å². The lowest BCUT2D eigenvalue weighted by molar-refractivity contribution is -0.111. The molecule has 4 aromatic rings. The molecule has 0 aliphatic carbocycles. The number of aromatic amines is 1. The van der Waals surface area contributed by atoms with Crippen molar-refractivity contribution in [2.24, 2.45) is 0 Å². The van der Waals surface area contributed by atoms with Gasteiger partial charge in [0.2, 0.25) is 11.9 Å². The first kappa shape index (κ1) is 20.5. The standard InChI is InChI=1S/C20H16FN7O.CH4/c1-2-18(29)24-13-4-3-5-14(9-13)25-19-16(21)11-22-20(27-19)26-15-6-7-17-12(8-15)10-23-28-17;/h2-11H,1H2,(H,23,28)(H,24,29)(H2,22,25,26,27);1H4. The van der Waals surface area contributed by atoms with Crippen LogP contribution in [0.4, 0.5) is 33.2 Å². The van der Waals surface area contributed by atoms with Crippen LogP contribution in [0.15, 0.2) is 67.5 Å². The highest BCUT2D eigenvalue weighted by Crippen LogP contribution is 2.23. The fraction of sp³-hybridized carbons (Fsp3) is 0.0476. The highest BCUT2D eigenvalue weighted by atomic mass is 19.1. The Morgan fingerprint density at radius 3 is 2.70 bits per heavy atom. The van der Waals surface area contributed by atoms with E-state index in [0.29, 0.717) is 11.4 Å². The van der Waals surface area contributed by atoms with Crippen LogP contribution in [0.1, 0.15) is 7.43 Å². The average Bonchev–Trinajstić information content (AvgIpc) is 3.18. The van der Waals surface area contributed by atoms with Gasteiger partial charge in [0.1, 0.15) is 0 Å². The zero-order valence-corrected chi connectivity index (χ0v) is 15.1. The van der Waals surface area contributed by atoms with Gasteiger partial charge in [-0.2, -0.15) is 10.1 Å². The van der Waals surface area contributed by atoms with Crippen molar-refractivity contribution in [2.45, 2.75) is 7.43 Å². The van der Waals surface area contributed by atoms with Crippen LogP contribution in [-0.4, -0.2) is 26.1 Å². The molecule has 0 aliphatic rings. The number of nitrogens with zero attached hydrogens (tertiary/aromatic N) is 3. The topological polar surface area (TPSA) is 108 Å². The lowest BCUT2D eigenvalue weighted by Crippen LogP contribution is -2.07. The first-order valence-electron chi connectivity index (χ1n) is 8.64. The third kappa shape index (κ3) is 4.58. The van der Waals surface area contributed by atoms with Crippen LogP contribution in [0.3, 0.4) is 0 Å². The number of aromatic nitrogens is 4. The first-order chi connectivity index (χ1) is 14.1. The molecule has 0 aliphatic heterocycles. The van der Waals surface area contributed by atoms with Crippen LogP contribution in [-0.2, 0) is 4.79 Å². The van der Waals surface area contributed by atoms with E-state index >= 15 is 0 Å². The minimum Gasteiger partial charge on any atom is -0.338 e. The summed E-state index contributed by atoms with van der Waals surface area (Å²) in [6.45, 7) is 3.41. The van der Waals surface area contributed by atoms with E-state index in [1.165, 1.54) is 6.08 Å². The number of rotatable bonds is 6. The van der Waals surface area contributed by atoms with E-state index in [0.717, 1.165) is 22.8 Å². The van der Waals surface area contributed by atoms with Gasteiger partial charge in [0.05, 0.1) is 17.9 Å². The van der Waals surface area contributed by atoms with Gasteiger partial charge in [-0.15, -0.1) is 0 Å². The van der Waals surface area contributed by atoms with Crippen molar-refractivity contribution in [1.29, 1.82) is 0 Å². The van der Waals surface area contributed by atoms with Crippen molar-refractivity contribution in [1.82, 2.24) is 20.2 Å². The van der Waals surface area contributed by atoms with Gasteiger partial charge in [-0.1, -0.05) is 20.1 Å². The maximum Gasteiger partial charge on any atom is 0.247 e. The highest BCUT2D eigenvalue weighted by molar-refractivity contribution is 5.99. The number of carbonyl (C=O) groups is 1. The van der Waals surface area contributed by atoms with E-state index in [1.54, 1.807) is 30.5 Å². The third-order valence-electron chi connectivity index (χ3n) is 4.02. The third-order valence-corrected chi connectivity index (χ3v) is 4.02. The van der Waals surface area contributed by atoms with Crippen LogP contribution >= 0.6 is 0 Å². The molecule has 0 radical (unpaired) electrons. The summed E-state index contributed by atoms with van der Waals surface area (Å²) in [5.41, 5.74) is 2.74. The second-order valence-electron chi connectivity index (χ2n) is 6.09. The number of halogens is 1. The van der Waals surface area contributed by atoms with Crippen LogP contribution in [0.25, 0.3) is 10.9 Å². The second kappa shape index (κ2) is 8.82. The van der Waals surface area contributed by atoms with Gasteiger partial charge >= 0.3 is 0 Å². The summed E-state index contributed by atoms with van der Waals surface area (Å²) in [7, 11) is 0. The molecule has 0 spiro atoms. The lowest BCUT2D eigenvalue weighted by Gasteiger charge is -2.11. The predicted octanol–water partition coefficient (Wildman–Crippen LogP) is 4.74. The molecular weight excluding hydrogens is 385 g/mol. The Labute approximate surface area is 172 Å². The first-order valence-corrected chi connectivity index (χ1v) is 8.64. The molecule has 0 saturated carbocycles. The van der Waals surface area contributed by atoms with E-state index in [4.69, 9.17) is 0 Å². The van der Waals surface area contributed by atoms with Crippen molar-refractivity contribution in [3.63, 3.8) is 0 Å². The van der Waals surface area contributed by atoms with E-state index in [2.05, 4.69) is 42.7 Å². The normalized spacial score (nSPS) is 10.2. The maximum atomic E-state index is 14.2. The molecule has 0 atom stereocenters. The predicted molar refractivity (Wildman–Crippen MR) is 117 cm³/mol. The number of hydrogen-bond acceptors (Lipinski definition) is 6. The Hall–Kier alpha value is -4.27. The molecule has 0 unspecified atom stereocenters. The molecule has 2 aromatic carbocycles. The van der Waals surface area contributed by atoms with Crippen LogP contribution in [0, 0.1) is 5.82 Å². The van der Waals surface area contributed by atoms with Gasteiger partial charge in [-0.3, -0.25) is 9.89 Å². The zero-order chi connectivity index (χ0) is 20.2. The number of hydrogen-bond donors (Lipinski definition) is 4. The summed E-state index contributed by atoms with van der Waals surface area (Å²) in [6, 6.07) is 12.4. The Balaban J connectivity index is 0.00000256. The van der Waals surface area contributed by atoms with E-state index < -0.39 is 5.82 Å². The van der Waals surface area contributed by atoms with Crippen molar-refractivity contribution in [2.75, 3.05) is 16.0 Å². The van der Waals surface area contributed by atoms with Gasteiger partial charge in [0, 0.05) is 22.4 Å². The summed E-state index contributed by atoms with van der Waals surface area (Å²) in [6.07, 6.45) is 3.96. The van der Waals surface area contributed by atoms with Crippen LogP contribution < -0.4 is 16.0 Å². The second-order valence-corrected chi connectivity index (χ2v) is 6.09. The molecule has 2 aromatic heterocycles. The summed E-state index contributed by atoms with van der Waals surface area (Å²) >= 11 is 0. The summed E-state index contributed by atoms with van der Waals surface area (Å²) in [4.78, 5) is 19.6. The molecule has 4 rings (SSSR count). The summed E-state index contributed by atoms with van der Waals surface area (Å²) in [5, 5.41) is 16.4. The lowest BCUT2D eigenvalue weighted by atomic mass is 10.2. The molecule has 0 saturated heterocycles. The zero-order valence-electron chi connectivity index (χ0n) is 15.1. The summed E-state index contributed by atoms with van der Waals surface area (Å²) in [5.74, 6) is -0.718. The Kier molecular flexibility index (Phi) is 6.02. The van der Waals surface area contributed by atoms with Gasteiger partial charge in [-0.05, 0) is 42.5 Å². The maximum absolute atomic E-state index is 14.2. The fourth-order valence-electron chi connectivity index (χ4n) is 2.67. The van der Waals surface area contributed by atoms with E-state index in [-0.39, 0.29) is 25.1 Å². The van der Waals surface area contributed by atoms with Gasteiger partial charge in [0.15, 0.2) is 11.6 Å². The average molecular weight is 405 g/mol. The molecule has 2 heterocycles. The minimum absolute atomic E-state index is 0. The number of anilines is 5. The van der Waals surface area contributed by atoms with Gasteiger partial charge < -0.3 is 16.0 Å². The number of fused-ring (bicyclic) bond motifs is 1. The Morgan fingerprint density at radius 1 is 1.07 bits per heavy atom. The van der Waals surface area contributed by atoms with Crippen molar-refractivity contribution >= 4 is 45.6 Å². The quantitative estimate of drug-likeness (QED) is 0.345. The number of amides is 1. The minimum atomic E-state index is -0.610. The largest absolute Gasteiger partial charge is 0.338 e. The van der Waals surface area contributed by atoms with E-state index in [1.807, 2.05) is 18.2 Å². The van der Waals surface area contributed by atoms with Gasteiger partial charge in [0.25, 0.3) is 0 Å². The molecule has 152 valence electrons. The van der Waals surface area contributed by atoms with Gasteiger partial charge in [-0.25, -0.2) is 9.37 Å².